The third kappa shape index (κ3) is 3.90. The number of hydrogen-bond donors (Lipinski definition) is 2. The summed E-state index contributed by atoms with van der Waals surface area (Å²) in [6.07, 6.45) is 1.08. The van der Waals surface area contributed by atoms with Gasteiger partial charge in [0.25, 0.3) is 0 Å². The molecule has 0 fully saturated rings. The number of phenols is 1. The molecule has 2 aromatic carbocycles. The minimum Gasteiger partial charge on any atom is -0.508 e. The van der Waals surface area contributed by atoms with Crippen molar-refractivity contribution in [2.24, 2.45) is 0 Å². The lowest BCUT2D eigenvalue weighted by atomic mass is 10.0. The predicted octanol–water partition coefficient (Wildman–Crippen LogP) is 3.30. The van der Waals surface area contributed by atoms with Gasteiger partial charge in [-0.05, 0) is 42.8 Å². The van der Waals surface area contributed by atoms with E-state index in [1.807, 2.05) is 13.0 Å². The Balaban J connectivity index is 2.24. The molecule has 142 valence electrons. The number of benzene rings is 2. The maximum absolute atomic E-state index is 11.6. The molecule has 0 aliphatic rings. The summed E-state index contributed by atoms with van der Waals surface area (Å²) >= 11 is 0. The quantitative estimate of drug-likeness (QED) is 0.696. The van der Waals surface area contributed by atoms with E-state index in [9.17, 15) is 13.5 Å². The van der Waals surface area contributed by atoms with Crippen LogP contribution in [0.25, 0.3) is 22.2 Å². The van der Waals surface area contributed by atoms with Crippen molar-refractivity contribution < 1.29 is 23.0 Å². The minimum atomic E-state index is -3.47. The highest BCUT2D eigenvalue weighted by atomic mass is 32.2. The number of sulfonamides is 1. The van der Waals surface area contributed by atoms with Gasteiger partial charge in [-0.1, -0.05) is 0 Å². The Labute approximate surface area is 157 Å². The molecule has 0 amide bonds. The van der Waals surface area contributed by atoms with Crippen molar-refractivity contribution in [1.82, 2.24) is 4.98 Å². The number of nitrogens with one attached hydrogen (secondary N) is 1. The summed E-state index contributed by atoms with van der Waals surface area (Å²) in [6, 6.07) is 10.1. The Kier molecular flexibility index (Phi) is 4.84. The molecule has 0 aliphatic carbocycles. The van der Waals surface area contributed by atoms with Crippen LogP contribution in [0.3, 0.4) is 0 Å². The Bertz CT molecular complexity index is 1130. The van der Waals surface area contributed by atoms with Gasteiger partial charge in [-0.15, -0.1) is 0 Å². The van der Waals surface area contributed by atoms with Crippen molar-refractivity contribution in [3.8, 4) is 28.5 Å². The summed E-state index contributed by atoms with van der Waals surface area (Å²) in [4.78, 5) is 4.66. The Morgan fingerprint density at radius 1 is 1.04 bits per heavy atom. The molecule has 7 nitrogen and oxygen atoms in total. The van der Waals surface area contributed by atoms with Crippen molar-refractivity contribution in [1.29, 1.82) is 0 Å². The molecule has 0 bridgehead atoms. The molecule has 1 heterocycles. The van der Waals surface area contributed by atoms with Gasteiger partial charge in [-0.25, -0.2) is 13.4 Å². The van der Waals surface area contributed by atoms with Gasteiger partial charge in [0.05, 0.1) is 37.4 Å². The Hall–Kier alpha value is -3.00. The highest BCUT2D eigenvalue weighted by Crippen LogP contribution is 2.36. The van der Waals surface area contributed by atoms with Crippen molar-refractivity contribution >= 4 is 26.6 Å². The van der Waals surface area contributed by atoms with Gasteiger partial charge in [0.2, 0.25) is 10.0 Å². The topological polar surface area (TPSA) is 97.8 Å². The highest BCUT2D eigenvalue weighted by Gasteiger charge is 2.15. The third-order valence-corrected chi connectivity index (χ3v) is 4.68. The van der Waals surface area contributed by atoms with Gasteiger partial charge < -0.3 is 14.6 Å². The van der Waals surface area contributed by atoms with Crippen LogP contribution in [-0.2, 0) is 10.0 Å². The summed E-state index contributed by atoms with van der Waals surface area (Å²) in [5, 5.41) is 10.5. The number of aromatic nitrogens is 1. The molecular weight excluding hydrogens is 368 g/mol. The van der Waals surface area contributed by atoms with Gasteiger partial charge >= 0.3 is 0 Å². The summed E-state index contributed by atoms with van der Waals surface area (Å²) in [7, 11) is -0.474. The first-order chi connectivity index (χ1) is 12.7. The van der Waals surface area contributed by atoms with Crippen LogP contribution in [-0.4, -0.2) is 39.0 Å². The maximum atomic E-state index is 11.6. The van der Waals surface area contributed by atoms with Crippen LogP contribution < -0.4 is 14.2 Å². The van der Waals surface area contributed by atoms with Gasteiger partial charge in [0.1, 0.15) is 17.2 Å². The van der Waals surface area contributed by atoms with E-state index in [1.165, 1.54) is 20.3 Å². The molecule has 3 rings (SSSR count). The van der Waals surface area contributed by atoms with Crippen LogP contribution in [0, 0.1) is 6.92 Å². The van der Waals surface area contributed by atoms with E-state index in [1.54, 1.807) is 24.3 Å². The lowest BCUT2D eigenvalue weighted by molar-refractivity contribution is 0.409. The zero-order chi connectivity index (χ0) is 19.8. The highest BCUT2D eigenvalue weighted by molar-refractivity contribution is 7.92. The Morgan fingerprint density at radius 2 is 1.74 bits per heavy atom. The van der Waals surface area contributed by atoms with Crippen LogP contribution >= 0.6 is 0 Å². The number of anilines is 1. The van der Waals surface area contributed by atoms with Gasteiger partial charge in [-0.3, -0.25) is 4.72 Å². The van der Waals surface area contributed by atoms with Crippen LogP contribution in [0.1, 0.15) is 5.56 Å². The smallest absolute Gasteiger partial charge is 0.229 e. The minimum absolute atomic E-state index is 0.0949. The van der Waals surface area contributed by atoms with Crippen LogP contribution in [0.15, 0.2) is 36.4 Å². The zero-order valence-electron chi connectivity index (χ0n) is 15.4. The van der Waals surface area contributed by atoms with E-state index in [0.717, 1.165) is 17.2 Å². The lowest BCUT2D eigenvalue weighted by Crippen LogP contribution is -2.10. The summed E-state index contributed by atoms with van der Waals surface area (Å²) < 4.78 is 36.4. The van der Waals surface area contributed by atoms with Crippen LogP contribution in [0.2, 0.25) is 0 Å². The largest absolute Gasteiger partial charge is 0.508 e. The second-order valence-electron chi connectivity index (χ2n) is 6.15. The molecule has 0 unspecified atom stereocenters. The van der Waals surface area contributed by atoms with E-state index >= 15 is 0 Å². The average Bonchev–Trinajstić information content (AvgIpc) is 2.59. The SMILES string of the molecule is COc1cc2c(C)cc(-c3ccc(O)cc3OC)nc2cc1NS(C)(=O)=O. The number of aromatic hydroxyl groups is 1. The number of phenolic OH excluding ortho intramolecular Hbond substituents is 1. The molecule has 0 saturated carbocycles. The summed E-state index contributed by atoms with van der Waals surface area (Å²) in [5.74, 6) is 0.995. The normalized spacial score (nSPS) is 11.4. The van der Waals surface area contributed by atoms with Gasteiger partial charge in [0, 0.05) is 17.0 Å². The number of pyridine rings is 1. The average molecular weight is 388 g/mol. The zero-order valence-corrected chi connectivity index (χ0v) is 16.2. The van der Waals surface area contributed by atoms with Crippen molar-refractivity contribution in [2.75, 3.05) is 25.2 Å². The first kappa shape index (κ1) is 18.8. The molecule has 8 heteroatoms. The molecule has 3 aromatic rings. The number of ether oxygens (including phenoxy) is 2. The van der Waals surface area contributed by atoms with Gasteiger partial charge in [-0.2, -0.15) is 0 Å². The van der Waals surface area contributed by atoms with E-state index in [0.29, 0.717) is 34.0 Å². The fourth-order valence-corrected chi connectivity index (χ4v) is 3.46. The van der Waals surface area contributed by atoms with Crippen LogP contribution in [0.4, 0.5) is 5.69 Å². The monoisotopic (exact) mass is 388 g/mol. The molecule has 0 aliphatic heterocycles. The number of aryl methyl sites for hydroxylation is 1. The fourth-order valence-electron chi connectivity index (χ4n) is 2.90. The first-order valence-electron chi connectivity index (χ1n) is 8.06. The van der Waals surface area contributed by atoms with E-state index in [2.05, 4.69) is 9.71 Å². The molecule has 0 atom stereocenters. The Morgan fingerprint density at radius 3 is 2.37 bits per heavy atom. The number of rotatable bonds is 5. The summed E-state index contributed by atoms with van der Waals surface area (Å²) in [6.45, 7) is 1.93. The molecule has 0 saturated heterocycles. The van der Waals surface area contributed by atoms with Crippen molar-refractivity contribution in [3.63, 3.8) is 0 Å². The number of hydrogen-bond acceptors (Lipinski definition) is 6. The summed E-state index contributed by atoms with van der Waals surface area (Å²) in [5.41, 5.74) is 3.22. The second-order valence-corrected chi connectivity index (χ2v) is 7.90. The number of methoxy groups -OCH3 is 2. The van der Waals surface area contributed by atoms with E-state index < -0.39 is 10.0 Å². The molecule has 27 heavy (non-hydrogen) atoms. The number of fused-ring (bicyclic) bond motifs is 1. The van der Waals surface area contributed by atoms with E-state index in [4.69, 9.17) is 9.47 Å². The molecular formula is C19H20N2O5S. The molecule has 1 aromatic heterocycles. The molecule has 2 N–H and O–H groups in total. The fraction of sp³-hybridized carbons (Fsp3) is 0.211. The maximum Gasteiger partial charge on any atom is 0.229 e. The lowest BCUT2D eigenvalue weighted by Gasteiger charge is -2.14. The van der Waals surface area contributed by atoms with Crippen molar-refractivity contribution in [2.45, 2.75) is 6.92 Å². The van der Waals surface area contributed by atoms with Gasteiger partial charge in [0.15, 0.2) is 0 Å². The second kappa shape index (κ2) is 6.96. The number of nitrogens with zero attached hydrogens (tertiary/aromatic N) is 1. The molecule has 0 spiro atoms. The van der Waals surface area contributed by atoms with Crippen molar-refractivity contribution in [3.05, 3.63) is 42.0 Å². The van der Waals surface area contributed by atoms with E-state index in [-0.39, 0.29) is 5.75 Å². The third-order valence-electron chi connectivity index (χ3n) is 4.09. The first-order valence-corrected chi connectivity index (χ1v) is 9.95. The van der Waals surface area contributed by atoms with Crippen LogP contribution in [0.5, 0.6) is 17.2 Å². The standard InChI is InChI=1S/C19H20N2O5S/c1-11-7-15(13-6-5-12(22)8-18(13)25-2)20-16-10-17(21-27(4,23)24)19(26-3)9-14(11)16/h5-10,21-22H,1-4H3. The predicted molar refractivity (Wildman–Crippen MR) is 105 cm³/mol. The molecule has 0 radical (unpaired) electrons.